The highest BCUT2D eigenvalue weighted by molar-refractivity contribution is 6.00. The number of aliphatic hydroxyl groups excluding tert-OH is 1. The Labute approximate surface area is 141 Å². The van der Waals surface area contributed by atoms with Gasteiger partial charge in [-0.3, -0.25) is 4.79 Å². The van der Waals surface area contributed by atoms with Crippen molar-refractivity contribution in [2.45, 2.75) is 26.1 Å². The second-order valence-corrected chi connectivity index (χ2v) is 5.56. The second kappa shape index (κ2) is 7.27. The average Bonchev–Trinajstić information content (AvgIpc) is 2.59. The molecule has 0 radical (unpaired) electrons. The maximum atomic E-state index is 11.9. The molecule has 0 aromatic heterocycles. The molecule has 0 spiro atoms. The van der Waals surface area contributed by atoms with Crippen molar-refractivity contribution >= 4 is 17.5 Å². The van der Waals surface area contributed by atoms with Crippen LogP contribution in [0.4, 0.5) is 5.69 Å². The van der Waals surface area contributed by atoms with E-state index in [4.69, 9.17) is 4.74 Å². The van der Waals surface area contributed by atoms with Gasteiger partial charge in [0.1, 0.15) is 12.3 Å². The first-order valence-electron chi connectivity index (χ1n) is 7.99. The molecule has 0 saturated heterocycles. The zero-order valence-corrected chi connectivity index (χ0v) is 13.6. The smallest absolute Gasteiger partial charge is 0.313 e. The molecule has 0 bridgehead atoms. The molecule has 0 saturated carbocycles. The molecule has 0 amide bonds. The molecule has 24 heavy (non-hydrogen) atoms. The highest BCUT2D eigenvalue weighted by atomic mass is 16.5. The number of hydrogen-bond donors (Lipinski definition) is 1. The number of aliphatic hydroxyl groups is 1. The summed E-state index contributed by atoms with van der Waals surface area (Å²) in [5.41, 5.74) is 2.46. The Morgan fingerprint density at radius 1 is 1.17 bits per heavy atom. The van der Waals surface area contributed by atoms with Gasteiger partial charge in [-0.15, -0.1) is 0 Å². The molecule has 1 atom stereocenters. The van der Waals surface area contributed by atoms with E-state index >= 15 is 0 Å². The number of rotatable bonds is 5. The van der Waals surface area contributed by atoms with Crippen molar-refractivity contribution in [1.82, 2.24) is 4.90 Å². The number of benzene rings is 2. The summed E-state index contributed by atoms with van der Waals surface area (Å²) in [4.78, 5) is 18.2. The van der Waals surface area contributed by atoms with E-state index in [2.05, 4.69) is 4.99 Å². The van der Waals surface area contributed by atoms with Gasteiger partial charge >= 0.3 is 5.97 Å². The monoisotopic (exact) mass is 324 g/mol. The Morgan fingerprint density at radius 3 is 2.62 bits per heavy atom. The van der Waals surface area contributed by atoms with Crippen LogP contribution < -0.4 is 0 Å². The summed E-state index contributed by atoms with van der Waals surface area (Å²) in [6.45, 7) is 2.56. The normalized spacial score (nSPS) is 16.3. The van der Waals surface area contributed by atoms with Crippen LogP contribution in [0.3, 0.4) is 0 Å². The predicted octanol–water partition coefficient (Wildman–Crippen LogP) is 3.18. The van der Waals surface area contributed by atoms with Crippen LogP contribution in [0.25, 0.3) is 0 Å². The molecule has 5 nitrogen and oxygen atoms in total. The van der Waals surface area contributed by atoms with Gasteiger partial charge in [-0.1, -0.05) is 48.5 Å². The molecule has 0 fully saturated rings. The molecule has 1 aliphatic heterocycles. The Balaban J connectivity index is 1.93. The van der Waals surface area contributed by atoms with E-state index in [1.165, 1.54) is 0 Å². The van der Waals surface area contributed by atoms with Crippen LogP contribution in [-0.2, 0) is 16.1 Å². The highest BCUT2D eigenvalue weighted by Crippen LogP contribution is 2.34. The van der Waals surface area contributed by atoms with Crippen molar-refractivity contribution in [2.24, 2.45) is 4.99 Å². The summed E-state index contributed by atoms with van der Waals surface area (Å²) in [6, 6.07) is 17.2. The molecule has 3 rings (SSSR count). The summed E-state index contributed by atoms with van der Waals surface area (Å²) in [7, 11) is 0. The van der Waals surface area contributed by atoms with Gasteiger partial charge in [0.2, 0.25) is 0 Å². The van der Waals surface area contributed by atoms with Crippen molar-refractivity contribution < 1.29 is 14.6 Å². The minimum Gasteiger partial charge on any atom is -0.466 e. The van der Waals surface area contributed by atoms with E-state index in [9.17, 15) is 9.90 Å². The summed E-state index contributed by atoms with van der Waals surface area (Å²) in [5, 5.41) is 10.8. The molecule has 1 aliphatic rings. The Kier molecular flexibility index (Phi) is 4.91. The van der Waals surface area contributed by atoms with Gasteiger partial charge in [0.05, 0.1) is 12.3 Å². The molecular weight excluding hydrogens is 304 g/mol. The number of ether oxygens (including phenoxy) is 1. The van der Waals surface area contributed by atoms with Gasteiger partial charge in [0.15, 0.2) is 6.23 Å². The van der Waals surface area contributed by atoms with Crippen LogP contribution in [0.2, 0.25) is 0 Å². The average molecular weight is 324 g/mol. The number of carbonyl (C=O) groups is 1. The number of esters is 1. The maximum absolute atomic E-state index is 11.9. The molecule has 5 heteroatoms. The van der Waals surface area contributed by atoms with Gasteiger partial charge in [-0.2, -0.15) is 0 Å². The summed E-state index contributed by atoms with van der Waals surface area (Å²) in [6.07, 6.45) is -0.810. The first-order valence-corrected chi connectivity index (χ1v) is 7.99. The predicted molar refractivity (Wildman–Crippen MR) is 91.7 cm³/mol. The summed E-state index contributed by atoms with van der Waals surface area (Å²) < 4.78 is 5.04. The van der Waals surface area contributed by atoms with Gasteiger partial charge < -0.3 is 14.7 Å². The fourth-order valence-corrected chi connectivity index (χ4v) is 2.76. The molecular formula is C19H20N2O3. The minimum atomic E-state index is -0.844. The third-order valence-corrected chi connectivity index (χ3v) is 3.89. The van der Waals surface area contributed by atoms with Crippen molar-refractivity contribution in [1.29, 1.82) is 0 Å². The van der Waals surface area contributed by atoms with Crippen LogP contribution in [0.1, 0.15) is 30.7 Å². The minimum absolute atomic E-state index is 0.0338. The molecule has 124 valence electrons. The zero-order chi connectivity index (χ0) is 16.9. The largest absolute Gasteiger partial charge is 0.466 e. The van der Waals surface area contributed by atoms with E-state index in [0.717, 1.165) is 11.1 Å². The third kappa shape index (κ3) is 3.46. The highest BCUT2D eigenvalue weighted by Gasteiger charge is 2.29. The second-order valence-electron chi connectivity index (χ2n) is 5.56. The van der Waals surface area contributed by atoms with E-state index in [1.54, 1.807) is 11.8 Å². The number of nitrogens with zero attached hydrogens (tertiary/aromatic N) is 2. The van der Waals surface area contributed by atoms with Crippen LogP contribution in [0.5, 0.6) is 0 Å². The van der Waals surface area contributed by atoms with Crippen LogP contribution in [-0.4, -0.2) is 28.4 Å². The quantitative estimate of drug-likeness (QED) is 0.858. The number of amidine groups is 1. The van der Waals surface area contributed by atoms with Crippen LogP contribution in [0, 0.1) is 0 Å². The van der Waals surface area contributed by atoms with Crippen molar-refractivity contribution in [3.8, 4) is 0 Å². The van der Waals surface area contributed by atoms with E-state index in [1.807, 2.05) is 54.6 Å². The summed E-state index contributed by atoms with van der Waals surface area (Å²) in [5.74, 6) is 0.171. The Hall–Kier alpha value is -2.66. The fraction of sp³-hybridized carbons (Fsp3) is 0.263. The van der Waals surface area contributed by atoms with E-state index in [0.29, 0.717) is 24.7 Å². The number of carbonyl (C=O) groups excluding carboxylic acids is 1. The SMILES string of the molecule is CCOC(=O)CC1=Nc2ccccc2C(O)N1Cc1ccccc1. The summed E-state index contributed by atoms with van der Waals surface area (Å²) >= 11 is 0. The molecule has 1 heterocycles. The zero-order valence-electron chi connectivity index (χ0n) is 13.6. The van der Waals surface area contributed by atoms with Gasteiger partial charge in [0.25, 0.3) is 0 Å². The Morgan fingerprint density at radius 2 is 1.88 bits per heavy atom. The first-order chi connectivity index (χ1) is 11.7. The van der Waals surface area contributed by atoms with Crippen molar-refractivity contribution in [2.75, 3.05) is 6.61 Å². The van der Waals surface area contributed by atoms with Gasteiger partial charge in [0, 0.05) is 12.1 Å². The maximum Gasteiger partial charge on any atom is 0.313 e. The van der Waals surface area contributed by atoms with Gasteiger partial charge in [-0.25, -0.2) is 4.99 Å². The standard InChI is InChI=1S/C19H20N2O3/c1-2-24-18(22)12-17-20-16-11-7-6-10-15(16)19(23)21(17)13-14-8-4-3-5-9-14/h3-11,19,23H,2,12-13H2,1H3. The lowest BCUT2D eigenvalue weighted by molar-refractivity contribution is -0.141. The Bertz CT molecular complexity index is 743. The van der Waals surface area contributed by atoms with Gasteiger partial charge in [-0.05, 0) is 18.6 Å². The van der Waals surface area contributed by atoms with E-state index < -0.39 is 6.23 Å². The molecule has 2 aromatic carbocycles. The first kappa shape index (κ1) is 16.2. The lowest BCUT2D eigenvalue weighted by atomic mass is 10.1. The van der Waals surface area contributed by atoms with Crippen LogP contribution >= 0.6 is 0 Å². The number of aliphatic imine (C=N–C) groups is 1. The molecule has 2 aromatic rings. The lowest BCUT2D eigenvalue weighted by Crippen LogP contribution is -2.38. The number of hydrogen-bond acceptors (Lipinski definition) is 5. The lowest BCUT2D eigenvalue weighted by Gasteiger charge is -2.35. The number of fused-ring (bicyclic) bond motifs is 1. The third-order valence-electron chi connectivity index (χ3n) is 3.89. The molecule has 0 aliphatic carbocycles. The topological polar surface area (TPSA) is 62.1 Å². The number of para-hydroxylation sites is 1. The van der Waals surface area contributed by atoms with Crippen molar-refractivity contribution in [3.05, 3.63) is 65.7 Å². The molecule has 1 unspecified atom stereocenters. The van der Waals surface area contributed by atoms with Crippen LogP contribution in [0.15, 0.2) is 59.6 Å². The fourth-order valence-electron chi connectivity index (χ4n) is 2.76. The molecule has 1 N–H and O–H groups in total. The van der Waals surface area contributed by atoms with E-state index in [-0.39, 0.29) is 12.4 Å². The van der Waals surface area contributed by atoms with Crippen molar-refractivity contribution in [3.63, 3.8) is 0 Å².